The van der Waals surface area contributed by atoms with Crippen molar-refractivity contribution >= 4 is 44.8 Å². The summed E-state index contributed by atoms with van der Waals surface area (Å²) in [5.74, 6) is 3.02. The van der Waals surface area contributed by atoms with E-state index in [0.29, 0.717) is 16.5 Å². The van der Waals surface area contributed by atoms with E-state index in [-0.39, 0.29) is 6.79 Å². The van der Waals surface area contributed by atoms with E-state index in [2.05, 4.69) is 52.0 Å². The van der Waals surface area contributed by atoms with Crippen molar-refractivity contribution in [3.63, 3.8) is 0 Å². The molecule has 2 aromatic carbocycles. The number of ether oxygens (including phenoxy) is 2. The Balaban J connectivity index is 1.42. The first kappa shape index (κ1) is 17.8. The fourth-order valence-corrected chi connectivity index (χ4v) is 5.52. The monoisotopic (exact) mass is 429 g/mol. The van der Waals surface area contributed by atoms with E-state index in [1.807, 2.05) is 12.1 Å². The second-order valence-corrected chi connectivity index (χ2v) is 8.72. The second-order valence-electron chi connectivity index (χ2n) is 6.28. The molecule has 3 heterocycles. The molecule has 0 saturated heterocycles. The van der Waals surface area contributed by atoms with Gasteiger partial charge in [0.2, 0.25) is 6.79 Å². The number of thioether (sulfide) groups is 1. The maximum Gasteiger partial charge on any atom is 0.231 e. The largest absolute Gasteiger partial charge is 0.454 e. The molecule has 0 unspecified atom stereocenters. The summed E-state index contributed by atoms with van der Waals surface area (Å²) in [6, 6.07) is 14.3. The van der Waals surface area contributed by atoms with Crippen LogP contribution < -0.4 is 9.47 Å². The van der Waals surface area contributed by atoms with Crippen LogP contribution in [0.15, 0.2) is 47.6 Å². The molecule has 0 fully saturated rings. The molecule has 1 aliphatic heterocycles. The number of aromatic nitrogens is 3. The number of nitrogens with zero attached hydrogens (tertiary/aromatic N) is 3. The Morgan fingerprint density at radius 3 is 2.79 bits per heavy atom. The minimum atomic E-state index is 0.241. The van der Waals surface area contributed by atoms with Crippen molar-refractivity contribution in [3.8, 4) is 22.2 Å². The quantitative estimate of drug-likeness (QED) is 0.372. The Morgan fingerprint density at radius 1 is 1.14 bits per heavy atom. The van der Waals surface area contributed by atoms with Gasteiger partial charge >= 0.3 is 0 Å². The van der Waals surface area contributed by atoms with Crippen LogP contribution in [0, 0.1) is 0 Å². The van der Waals surface area contributed by atoms with Crippen molar-refractivity contribution in [1.29, 1.82) is 0 Å². The van der Waals surface area contributed by atoms with Gasteiger partial charge in [-0.15, -0.1) is 21.5 Å². The van der Waals surface area contributed by atoms with Gasteiger partial charge in [-0.3, -0.25) is 0 Å². The van der Waals surface area contributed by atoms with Crippen molar-refractivity contribution in [3.05, 3.63) is 53.1 Å². The van der Waals surface area contributed by atoms with Gasteiger partial charge in [0.25, 0.3) is 0 Å². The third-order valence-corrected chi connectivity index (χ3v) is 7.06. The number of hydrogen-bond acceptors (Lipinski definition) is 6. The third kappa shape index (κ3) is 3.13. The summed E-state index contributed by atoms with van der Waals surface area (Å²) in [6.45, 7) is 3.15. The van der Waals surface area contributed by atoms with Crippen molar-refractivity contribution in [2.45, 2.75) is 24.4 Å². The van der Waals surface area contributed by atoms with Crippen LogP contribution in [-0.4, -0.2) is 21.6 Å². The lowest BCUT2D eigenvalue weighted by molar-refractivity contribution is 0.174. The third-order valence-electron chi connectivity index (χ3n) is 4.58. The van der Waals surface area contributed by atoms with Crippen molar-refractivity contribution in [1.82, 2.24) is 14.8 Å². The van der Waals surface area contributed by atoms with Crippen LogP contribution in [0.3, 0.4) is 0 Å². The second kappa shape index (κ2) is 7.31. The Bertz CT molecular complexity index is 1140. The number of halogens is 1. The molecule has 0 atom stereocenters. The molecule has 0 bridgehead atoms. The van der Waals surface area contributed by atoms with Crippen LogP contribution in [0.4, 0.5) is 0 Å². The molecule has 1 aliphatic rings. The number of hydrogen-bond donors (Lipinski definition) is 0. The van der Waals surface area contributed by atoms with Crippen LogP contribution >= 0.6 is 34.7 Å². The number of fused-ring (bicyclic) bond motifs is 2. The van der Waals surface area contributed by atoms with E-state index >= 15 is 0 Å². The molecule has 0 spiro atoms. The van der Waals surface area contributed by atoms with Gasteiger partial charge in [0.1, 0.15) is 0 Å². The standard InChI is InChI=1S/C20H16ClN3O2S2/c1-2-24-19(18-8-12-5-3-4-6-17(12)28-18)22-23-20(24)27-10-13-7-15-16(9-14(13)21)26-11-25-15/h3-9H,2,10-11H2,1H3. The maximum atomic E-state index is 6.40. The van der Waals surface area contributed by atoms with Crippen LogP contribution in [0.5, 0.6) is 11.5 Å². The minimum Gasteiger partial charge on any atom is -0.454 e. The van der Waals surface area contributed by atoms with E-state index in [0.717, 1.165) is 33.7 Å². The predicted molar refractivity (Wildman–Crippen MR) is 114 cm³/mol. The van der Waals surface area contributed by atoms with Crippen molar-refractivity contribution < 1.29 is 9.47 Å². The molecule has 4 aromatic rings. The fourth-order valence-electron chi connectivity index (χ4n) is 3.17. The van der Waals surface area contributed by atoms with Crippen LogP contribution in [0.25, 0.3) is 20.8 Å². The molecule has 0 aliphatic carbocycles. The van der Waals surface area contributed by atoms with E-state index in [1.54, 1.807) is 23.1 Å². The molecule has 5 rings (SSSR count). The minimum absolute atomic E-state index is 0.241. The molecule has 2 aromatic heterocycles. The molecule has 28 heavy (non-hydrogen) atoms. The Kier molecular flexibility index (Phi) is 4.66. The lowest BCUT2D eigenvalue weighted by Gasteiger charge is -2.08. The molecule has 0 radical (unpaired) electrons. The van der Waals surface area contributed by atoms with Gasteiger partial charge in [0.15, 0.2) is 22.5 Å². The first-order chi connectivity index (χ1) is 13.7. The highest BCUT2D eigenvalue weighted by Crippen LogP contribution is 2.39. The summed E-state index contributed by atoms with van der Waals surface area (Å²) in [5.41, 5.74) is 0.991. The number of thiophene rings is 1. The first-order valence-electron chi connectivity index (χ1n) is 8.86. The molecule has 5 nitrogen and oxygen atoms in total. The average molecular weight is 430 g/mol. The lowest BCUT2D eigenvalue weighted by Crippen LogP contribution is -1.99. The molecule has 0 N–H and O–H groups in total. The van der Waals surface area contributed by atoms with Crippen LogP contribution in [-0.2, 0) is 12.3 Å². The highest BCUT2D eigenvalue weighted by atomic mass is 35.5. The topological polar surface area (TPSA) is 49.2 Å². The molecular formula is C20H16ClN3O2S2. The Labute approximate surface area is 175 Å². The van der Waals surface area contributed by atoms with Gasteiger partial charge < -0.3 is 14.0 Å². The zero-order valence-corrected chi connectivity index (χ0v) is 17.4. The summed E-state index contributed by atoms with van der Waals surface area (Å²) in [4.78, 5) is 1.13. The van der Waals surface area contributed by atoms with Gasteiger partial charge in [-0.25, -0.2) is 0 Å². The first-order valence-corrected chi connectivity index (χ1v) is 11.0. The van der Waals surface area contributed by atoms with E-state index in [1.165, 1.54) is 10.1 Å². The summed E-state index contributed by atoms with van der Waals surface area (Å²) in [6.07, 6.45) is 0. The van der Waals surface area contributed by atoms with Gasteiger partial charge in [0, 0.05) is 28.1 Å². The molecular weight excluding hydrogens is 414 g/mol. The fraction of sp³-hybridized carbons (Fsp3) is 0.200. The number of rotatable bonds is 5. The summed E-state index contributed by atoms with van der Waals surface area (Å²) >= 11 is 9.76. The summed E-state index contributed by atoms with van der Waals surface area (Å²) in [7, 11) is 0. The predicted octanol–water partition coefficient (Wildman–Crippen LogP) is 5.85. The maximum absolute atomic E-state index is 6.40. The SMILES string of the molecule is CCn1c(SCc2cc3c(cc2Cl)OCO3)nnc1-c1cc2ccccc2s1. The average Bonchev–Trinajstić information content (AvgIpc) is 3.42. The Morgan fingerprint density at radius 2 is 1.96 bits per heavy atom. The highest BCUT2D eigenvalue weighted by Gasteiger charge is 2.19. The van der Waals surface area contributed by atoms with Crippen molar-refractivity contribution in [2.24, 2.45) is 0 Å². The van der Waals surface area contributed by atoms with E-state index in [4.69, 9.17) is 21.1 Å². The van der Waals surface area contributed by atoms with E-state index in [9.17, 15) is 0 Å². The highest BCUT2D eigenvalue weighted by molar-refractivity contribution is 7.98. The van der Waals surface area contributed by atoms with Crippen LogP contribution in [0.2, 0.25) is 5.02 Å². The smallest absolute Gasteiger partial charge is 0.231 e. The van der Waals surface area contributed by atoms with E-state index < -0.39 is 0 Å². The molecule has 0 amide bonds. The van der Waals surface area contributed by atoms with Crippen LogP contribution in [0.1, 0.15) is 12.5 Å². The zero-order chi connectivity index (χ0) is 19.1. The summed E-state index contributed by atoms with van der Waals surface area (Å²) < 4.78 is 14.2. The summed E-state index contributed by atoms with van der Waals surface area (Å²) in [5, 5.41) is 11.7. The normalized spacial score (nSPS) is 12.8. The van der Waals surface area contributed by atoms with Gasteiger partial charge in [-0.2, -0.15) is 0 Å². The molecule has 142 valence electrons. The van der Waals surface area contributed by atoms with Gasteiger partial charge in [-0.1, -0.05) is 41.6 Å². The van der Waals surface area contributed by atoms with Crippen molar-refractivity contribution in [2.75, 3.05) is 6.79 Å². The molecule has 8 heteroatoms. The zero-order valence-electron chi connectivity index (χ0n) is 15.0. The van der Waals surface area contributed by atoms with Gasteiger partial charge in [-0.05, 0) is 36.1 Å². The number of benzene rings is 2. The Hall–Kier alpha value is -2.22. The van der Waals surface area contributed by atoms with Gasteiger partial charge in [0.05, 0.1) is 4.88 Å². The molecule has 0 saturated carbocycles. The lowest BCUT2D eigenvalue weighted by atomic mass is 10.2.